The standard InChI is InChI=1S/C12H23ClN2O2S/c1-12(2)7-5-9-15(12)18(16,17)14-8-4-3-6-11(14)10-13/h11H,3-10H2,1-2H3. The van der Waals surface area contributed by atoms with Gasteiger partial charge in [-0.3, -0.25) is 0 Å². The molecule has 0 aliphatic carbocycles. The Morgan fingerprint density at radius 1 is 1.22 bits per heavy atom. The van der Waals surface area contributed by atoms with E-state index >= 15 is 0 Å². The van der Waals surface area contributed by atoms with Gasteiger partial charge in [0.15, 0.2) is 0 Å². The van der Waals surface area contributed by atoms with E-state index in [0.29, 0.717) is 19.0 Å². The molecule has 6 heteroatoms. The van der Waals surface area contributed by atoms with Gasteiger partial charge in [0.1, 0.15) is 0 Å². The summed E-state index contributed by atoms with van der Waals surface area (Å²) in [6.45, 7) is 5.28. The van der Waals surface area contributed by atoms with Crippen LogP contribution in [0, 0.1) is 0 Å². The molecule has 2 fully saturated rings. The van der Waals surface area contributed by atoms with Crippen LogP contribution in [0.4, 0.5) is 0 Å². The Balaban J connectivity index is 2.24. The summed E-state index contributed by atoms with van der Waals surface area (Å²) in [5, 5.41) is 0. The van der Waals surface area contributed by atoms with Crippen LogP contribution in [0.15, 0.2) is 0 Å². The normalized spacial score (nSPS) is 30.7. The quantitative estimate of drug-likeness (QED) is 0.749. The number of rotatable bonds is 3. The van der Waals surface area contributed by atoms with E-state index in [0.717, 1.165) is 32.1 Å². The summed E-state index contributed by atoms with van der Waals surface area (Å²) >= 11 is 5.93. The van der Waals surface area contributed by atoms with Crippen molar-refractivity contribution >= 4 is 21.8 Å². The first-order chi connectivity index (χ1) is 8.39. The predicted octanol–water partition coefficient (Wildman–Crippen LogP) is 2.20. The summed E-state index contributed by atoms with van der Waals surface area (Å²) in [5.41, 5.74) is -0.257. The van der Waals surface area contributed by atoms with Crippen LogP contribution >= 0.6 is 11.6 Å². The second-order valence-corrected chi connectivity index (χ2v) is 8.02. The summed E-state index contributed by atoms with van der Waals surface area (Å²) in [7, 11) is -3.35. The number of hydrogen-bond acceptors (Lipinski definition) is 2. The third-order valence-electron chi connectivity index (χ3n) is 4.15. The zero-order valence-corrected chi connectivity index (χ0v) is 12.8. The van der Waals surface area contributed by atoms with Crippen LogP contribution in [0.25, 0.3) is 0 Å². The molecule has 2 aliphatic rings. The molecule has 0 saturated carbocycles. The second-order valence-electron chi connectivity index (χ2n) is 5.91. The van der Waals surface area contributed by atoms with E-state index in [1.807, 2.05) is 13.8 Å². The highest BCUT2D eigenvalue weighted by Gasteiger charge is 2.45. The van der Waals surface area contributed by atoms with Gasteiger partial charge in [-0.25, -0.2) is 0 Å². The molecule has 4 nitrogen and oxygen atoms in total. The van der Waals surface area contributed by atoms with E-state index in [4.69, 9.17) is 11.6 Å². The van der Waals surface area contributed by atoms with Crippen LogP contribution in [0.5, 0.6) is 0 Å². The van der Waals surface area contributed by atoms with Crippen LogP contribution in [-0.4, -0.2) is 47.6 Å². The van der Waals surface area contributed by atoms with E-state index in [-0.39, 0.29) is 11.6 Å². The maximum atomic E-state index is 12.8. The predicted molar refractivity (Wildman–Crippen MR) is 74.0 cm³/mol. The molecule has 1 unspecified atom stereocenters. The Hall–Kier alpha value is 0.160. The number of hydrogen-bond donors (Lipinski definition) is 0. The minimum absolute atomic E-state index is 0.0261. The average Bonchev–Trinajstić information content (AvgIpc) is 2.69. The zero-order chi connectivity index (χ0) is 13.4. The monoisotopic (exact) mass is 294 g/mol. The van der Waals surface area contributed by atoms with Gasteiger partial charge in [0, 0.05) is 30.6 Å². The van der Waals surface area contributed by atoms with Gasteiger partial charge in [0.05, 0.1) is 0 Å². The SMILES string of the molecule is CC1(C)CCCN1S(=O)(=O)N1CCCCC1CCl. The van der Waals surface area contributed by atoms with Crippen LogP contribution < -0.4 is 0 Å². The molecule has 2 heterocycles. The number of nitrogens with zero attached hydrogens (tertiary/aromatic N) is 2. The Bertz CT molecular complexity index is 397. The van der Waals surface area contributed by atoms with Crippen LogP contribution in [0.3, 0.4) is 0 Å². The lowest BCUT2D eigenvalue weighted by atomic mass is 10.0. The maximum absolute atomic E-state index is 12.8. The summed E-state index contributed by atoms with van der Waals surface area (Å²) in [4.78, 5) is 0. The van der Waals surface area contributed by atoms with Gasteiger partial charge in [0.2, 0.25) is 0 Å². The van der Waals surface area contributed by atoms with Gasteiger partial charge in [-0.2, -0.15) is 17.0 Å². The Kier molecular flexibility index (Phi) is 4.26. The topological polar surface area (TPSA) is 40.6 Å². The van der Waals surface area contributed by atoms with E-state index in [2.05, 4.69) is 0 Å². The lowest BCUT2D eigenvalue weighted by Gasteiger charge is -2.40. The fraction of sp³-hybridized carbons (Fsp3) is 1.00. The molecule has 0 bridgehead atoms. The molecule has 0 N–H and O–H groups in total. The van der Waals surface area contributed by atoms with E-state index in [1.54, 1.807) is 8.61 Å². The van der Waals surface area contributed by atoms with Crippen LogP contribution in [-0.2, 0) is 10.2 Å². The third kappa shape index (κ3) is 2.55. The maximum Gasteiger partial charge on any atom is 0.282 e. The summed E-state index contributed by atoms with van der Waals surface area (Å²) in [6.07, 6.45) is 4.79. The van der Waals surface area contributed by atoms with Crippen molar-refractivity contribution in [2.75, 3.05) is 19.0 Å². The first-order valence-electron chi connectivity index (χ1n) is 6.75. The summed E-state index contributed by atoms with van der Waals surface area (Å²) < 4.78 is 28.8. The summed E-state index contributed by atoms with van der Waals surface area (Å²) in [5.74, 6) is 0.396. The molecule has 0 aromatic heterocycles. The molecular formula is C12H23ClN2O2S. The highest BCUT2D eigenvalue weighted by atomic mass is 35.5. The third-order valence-corrected chi connectivity index (χ3v) is 6.81. The molecule has 2 saturated heterocycles. The molecule has 0 aromatic carbocycles. The van der Waals surface area contributed by atoms with Gasteiger partial charge < -0.3 is 0 Å². The van der Waals surface area contributed by atoms with Gasteiger partial charge in [0.25, 0.3) is 10.2 Å². The lowest BCUT2D eigenvalue weighted by Crippen LogP contribution is -2.55. The molecule has 0 amide bonds. The number of halogens is 1. The Labute approximate surface area is 115 Å². The first kappa shape index (κ1) is 14.6. The van der Waals surface area contributed by atoms with E-state index in [9.17, 15) is 8.42 Å². The molecule has 0 radical (unpaired) electrons. The van der Waals surface area contributed by atoms with Crippen molar-refractivity contribution in [1.82, 2.24) is 8.61 Å². The van der Waals surface area contributed by atoms with Gasteiger partial charge in [-0.15, -0.1) is 11.6 Å². The molecule has 1 atom stereocenters. The second kappa shape index (κ2) is 5.27. The van der Waals surface area contributed by atoms with Crippen molar-refractivity contribution in [3.8, 4) is 0 Å². The van der Waals surface area contributed by atoms with Crippen molar-refractivity contribution in [3.05, 3.63) is 0 Å². The van der Waals surface area contributed by atoms with E-state index in [1.165, 1.54) is 0 Å². The van der Waals surface area contributed by atoms with Crippen molar-refractivity contribution < 1.29 is 8.42 Å². The lowest BCUT2D eigenvalue weighted by molar-refractivity contribution is 0.219. The molecule has 2 rings (SSSR count). The van der Waals surface area contributed by atoms with Crippen LogP contribution in [0.1, 0.15) is 46.0 Å². The fourth-order valence-corrected chi connectivity index (χ4v) is 5.72. The largest absolute Gasteiger partial charge is 0.282 e. The van der Waals surface area contributed by atoms with Crippen molar-refractivity contribution in [2.24, 2.45) is 0 Å². The first-order valence-corrected chi connectivity index (χ1v) is 8.68. The van der Waals surface area contributed by atoms with Crippen molar-refractivity contribution in [3.63, 3.8) is 0 Å². The zero-order valence-electron chi connectivity index (χ0n) is 11.2. The molecule has 18 heavy (non-hydrogen) atoms. The fourth-order valence-electron chi connectivity index (χ4n) is 3.07. The minimum Gasteiger partial charge on any atom is -0.195 e. The van der Waals surface area contributed by atoms with Crippen molar-refractivity contribution in [2.45, 2.75) is 57.5 Å². The minimum atomic E-state index is -3.35. The molecule has 0 spiro atoms. The average molecular weight is 295 g/mol. The summed E-state index contributed by atoms with van der Waals surface area (Å²) in [6, 6.07) is -0.0261. The molecule has 106 valence electrons. The van der Waals surface area contributed by atoms with Gasteiger partial charge >= 0.3 is 0 Å². The number of piperidine rings is 1. The molecule has 0 aromatic rings. The van der Waals surface area contributed by atoms with E-state index < -0.39 is 10.2 Å². The smallest absolute Gasteiger partial charge is 0.195 e. The van der Waals surface area contributed by atoms with Crippen molar-refractivity contribution in [1.29, 1.82) is 0 Å². The highest BCUT2D eigenvalue weighted by molar-refractivity contribution is 7.86. The highest BCUT2D eigenvalue weighted by Crippen LogP contribution is 2.34. The molecule has 2 aliphatic heterocycles. The Morgan fingerprint density at radius 3 is 2.50 bits per heavy atom. The number of alkyl halides is 1. The van der Waals surface area contributed by atoms with Gasteiger partial charge in [-0.1, -0.05) is 6.42 Å². The molecular weight excluding hydrogens is 272 g/mol. The van der Waals surface area contributed by atoms with Gasteiger partial charge in [-0.05, 0) is 39.5 Å². The van der Waals surface area contributed by atoms with Crippen LogP contribution in [0.2, 0.25) is 0 Å². The Morgan fingerprint density at radius 2 is 1.94 bits per heavy atom.